The summed E-state index contributed by atoms with van der Waals surface area (Å²) < 4.78 is 12.9. The standard InChI is InChI=1S/C14H13FN2O2/c15-11-4-1-3-10(9-11)6-8-17-14(19)12-5-2-7-16-13(12)18/h1-5,7,9H,6,8H2,(H,16,18)(H,17,19). The molecule has 0 fully saturated rings. The van der Waals surface area contributed by atoms with Crippen molar-refractivity contribution in [2.75, 3.05) is 6.54 Å². The Morgan fingerprint density at radius 3 is 2.84 bits per heavy atom. The van der Waals surface area contributed by atoms with Crippen LogP contribution in [-0.2, 0) is 6.42 Å². The number of amides is 1. The summed E-state index contributed by atoms with van der Waals surface area (Å²) in [6.45, 7) is 0.344. The number of pyridine rings is 1. The fourth-order valence-corrected chi connectivity index (χ4v) is 1.71. The molecule has 0 spiro atoms. The van der Waals surface area contributed by atoms with Crippen LogP contribution in [0.1, 0.15) is 15.9 Å². The number of aromatic nitrogens is 1. The molecule has 0 atom stereocenters. The first-order valence-corrected chi connectivity index (χ1v) is 5.87. The highest BCUT2D eigenvalue weighted by Crippen LogP contribution is 2.03. The van der Waals surface area contributed by atoms with Gasteiger partial charge in [-0.2, -0.15) is 0 Å². The lowest BCUT2D eigenvalue weighted by Gasteiger charge is -2.04. The molecule has 1 heterocycles. The Labute approximate surface area is 109 Å². The number of hydrogen-bond donors (Lipinski definition) is 2. The summed E-state index contributed by atoms with van der Waals surface area (Å²) in [6, 6.07) is 9.23. The van der Waals surface area contributed by atoms with E-state index in [0.717, 1.165) is 5.56 Å². The minimum Gasteiger partial charge on any atom is -0.352 e. The average molecular weight is 260 g/mol. The molecule has 0 aliphatic carbocycles. The van der Waals surface area contributed by atoms with E-state index in [9.17, 15) is 14.0 Å². The van der Waals surface area contributed by atoms with Gasteiger partial charge in [-0.3, -0.25) is 9.59 Å². The van der Waals surface area contributed by atoms with Gasteiger partial charge in [0, 0.05) is 12.7 Å². The monoisotopic (exact) mass is 260 g/mol. The number of aromatic amines is 1. The molecule has 0 saturated carbocycles. The summed E-state index contributed by atoms with van der Waals surface area (Å²) in [6.07, 6.45) is 1.97. The van der Waals surface area contributed by atoms with Crippen molar-refractivity contribution < 1.29 is 9.18 Å². The second-order valence-electron chi connectivity index (χ2n) is 4.05. The molecule has 2 aromatic rings. The number of H-pyrrole nitrogens is 1. The Morgan fingerprint density at radius 2 is 2.11 bits per heavy atom. The first-order valence-electron chi connectivity index (χ1n) is 5.87. The maximum atomic E-state index is 12.9. The SMILES string of the molecule is O=C(NCCc1cccc(F)c1)c1ccc[nH]c1=O. The smallest absolute Gasteiger partial charge is 0.260 e. The third-order valence-corrected chi connectivity index (χ3v) is 2.65. The molecule has 0 bridgehead atoms. The molecule has 0 unspecified atom stereocenters. The van der Waals surface area contributed by atoms with E-state index in [1.807, 2.05) is 0 Å². The number of carbonyl (C=O) groups excluding carboxylic acids is 1. The van der Waals surface area contributed by atoms with E-state index < -0.39 is 11.5 Å². The quantitative estimate of drug-likeness (QED) is 0.874. The molecule has 98 valence electrons. The van der Waals surface area contributed by atoms with Crippen molar-refractivity contribution in [2.24, 2.45) is 0 Å². The van der Waals surface area contributed by atoms with Crippen LogP contribution in [0.4, 0.5) is 4.39 Å². The zero-order valence-corrected chi connectivity index (χ0v) is 10.2. The highest BCUT2D eigenvalue weighted by atomic mass is 19.1. The summed E-state index contributed by atoms with van der Waals surface area (Å²) in [4.78, 5) is 25.5. The van der Waals surface area contributed by atoms with Crippen LogP contribution in [0.5, 0.6) is 0 Å². The Hall–Kier alpha value is -2.43. The molecule has 4 nitrogen and oxygen atoms in total. The van der Waals surface area contributed by atoms with Gasteiger partial charge in [0.05, 0.1) is 0 Å². The Bertz CT molecular complexity index is 637. The molecule has 0 aliphatic rings. The molecule has 1 aromatic heterocycles. The molecule has 0 aliphatic heterocycles. The lowest BCUT2D eigenvalue weighted by atomic mass is 10.1. The Morgan fingerprint density at radius 1 is 1.26 bits per heavy atom. The molecule has 2 N–H and O–H groups in total. The van der Waals surface area contributed by atoms with Crippen molar-refractivity contribution >= 4 is 5.91 Å². The number of halogens is 1. The molecule has 1 aromatic carbocycles. The first-order chi connectivity index (χ1) is 9.16. The predicted molar refractivity (Wildman–Crippen MR) is 69.5 cm³/mol. The third-order valence-electron chi connectivity index (χ3n) is 2.65. The molecule has 19 heavy (non-hydrogen) atoms. The van der Waals surface area contributed by atoms with Crippen molar-refractivity contribution in [3.05, 3.63) is 69.9 Å². The minimum absolute atomic E-state index is 0.0711. The van der Waals surface area contributed by atoms with E-state index in [0.29, 0.717) is 13.0 Å². The molecule has 0 saturated heterocycles. The number of nitrogens with one attached hydrogen (secondary N) is 2. The number of benzene rings is 1. The van der Waals surface area contributed by atoms with Crippen LogP contribution in [0.2, 0.25) is 0 Å². The van der Waals surface area contributed by atoms with Crippen LogP contribution in [0.25, 0.3) is 0 Å². The van der Waals surface area contributed by atoms with E-state index in [4.69, 9.17) is 0 Å². The van der Waals surface area contributed by atoms with Gasteiger partial charge in [0.15, 0.2) is 0 Å². The first kappa shape index (κ1) is 13.0. The van der Waals surface area contributed by atoms with E-state index >= 15 is 0 Å². The van der Waals surface area contributed by atoms with Crippen LogP contribution in [0.3, 0.4) is 0 Å². The van der Waals surface area contributed by atoms with Gasteiger partial charge in [-0.1, -0.05) is 12.1 Å². The van der Waals surface area contributed by atoms with Crippen molar-refractivity contribution in [2.45, 2.75) is 6.42 Å². The predicted octanol–water partition coefficient (Wildman–Crippen LogP) is 1.49. The molecule has 1 amide bonds. The van der Waals surface area contributed by atoms with Crippen LogP contribution in [0.15, 0.2) is 47.4 Å². The van der Waals surface area contributed by atoms with Gasteiger partial charge in [-0.05, 0) is 36.2 Å². The molecule has 0 radical (unpaired) electrons. The fourth-order valence-electron chi connectivity index (χ4n) is 1.71. The van der Waals surface area contributed by atoms with Crippen LogP contribution >= 0.6 is 0 Å². The van der Waals surface area contributed by atoms with Crippen molar-refractivity contribution in [1.29, 1.82) is 0 Å². The Balaban J connectivity index is 1.91. The van der Waals surface area contributed by atoms with Gasteiger partial charge >= 0.3 is 0 Å². The van der Waals surface area contributed by atoms with E-state index in [-0.39, 0.29) is 11.4 Å². The third kappa shape index (κ3) is 3.51. The number of carbonyl (C=O) groups is 1. The second-order valence-corrected chi connectivity index (χ2v) is 4.05. The summed E-state index contributed by atoms with van der Waals surface area (Å²) in [5.41, 5.74) is 0.440. The van der Waals surface area contributed by atoms with Crippen molar-refractivity contribution in [3.8, 4) is 0 Å². The zero-order chi connectivity index (χ0) is 13.7. The van der Waals surface area contributed by atoms with Gasteiger partial charge in [0.2, 0.25) is 0 Å². The Kier molecular flexibility index (Phi) is 4.07. The van der Waals surface area contributed by atoms with Gasteiger partial charge in [0.1, 0.15) is 11.4 Å². The van der Waals surface area contributed by atoms with Crippen molar-refractivity contribution in [3.63, 3.8) is 0 Å². The van der Waals surface area contributed by atoms with Crippen molar-refractivity contribution in [1.82, 2.24) is 10.3 Å². The van der Waals surface area contributed by atoms with Gasteiger partial charge < -0.3 is 10.3 Å². The summed E-state index contributed by atoms with van der Waals surface area (Å²) >= 11 is 0. The highest BCUT2D eigenvalue weighted by molar-refractivity contribution is 5.93. The minimum atomic E-state index is -0.432. The second kappa shape index (κ2) is 5.95. The molecular formula is C14H13FN2O2. The largest absolute Gasteiger partial charge is 0.352 e. The maximum absolute atomic E-state index is 12.9. The van der Waals surface area contributed by atoms with Gasteiger partial charge in [-0.15, -0.1) is 0 Å². The fraction of sp³-hybridized carbons (Fsp3) is 0.143. The van der Waals surface area contributed by atoms with Crippen LogP contribution < -0.4 is 10.9 Å². The topological polar surface area (TPSA) is 62.0 Å². The number of rotatable bonds is 4. The summed E-state index contributed by atoms with van der Waals surface area (Å²) in [5.74, 6) is -0.735. The molecule has 5 heteroatoms. The van der Waals surface area contributed by atoms with E-state index in [2.05, 4.69) is 10.3 Å². The highest BCUT2D eigenvalue weighted by Gasteiger charge is 2.08. The molecule has 2 rings (SSSR count). The zero-order valence-electron chi connectivity index (χ0n) is 10.2. The van der Waals surface area contributed by atoms with Crippen LogP contribution in [0, 0.1) is 5.82 Å². The average Bonchev–Trinajstić information content (AvgIpc) is 2.39. The summed E-state index contributed by atoms with van der Waals surface area (Å²) in [5, 5.41) is 2.63. The maximum Gasteiger partial charge on any atom is 0.260 e. The number of hydrogen-bond acceptors (Lipinski definition) is 2. The van der Waals surface area contributed by atoms with Crippen LogP contribution in [-0.4, -0.2) is 17.4 Å². The van der Waals surface area contributed by atoms with E-state index in [1.165, 1.54) is 24.4 Å². The lowest BCUT2D eigenvalue weighted by molar-refractivity contribution is 0.0952. The normalized spacial score (nSPS) is 10.2. The van der Waals surface area contributed by atoms with Gasteiger partial charge in [-0.25, -0.2) is 4.39 Å². The summed E-state index contributed by atoms with van der Waals surface area (Å²) in [7, 11) is 0. The van der Waals surface area contributed by atoms with Gasteiger partial charge in [0.25, 0.3) is 11.5 Å². The lowest BCUT2D eigenvalue weighted by Crippen LogP contribution is -2.30. The molecular weight excluding hydrogens is 247 g/mol. The van der Waals surface area contributed by atoms with E-state index in [1.54, 1.807) is 18.2 Å².